The van der Waals surface area contributed by atoms with Gasteiger partial charge in [-0.1, -0.05) is 11.6 Å². The van der Waals surface area contributed by atoms with Crippen LogP contribution < -0.4 is 5.32 Å². The number of ether oxygens (including phenoxy) is 1. The van der Waals surface area contributed by atoms with Gasteiger partial charge in [0, 0.05) is 28.4 Å². The summed E-state index contributed by atoms with van der Waals surface area (Å²) < 4.78 is 20.0. The Kier molecular flexibility index (Phi) is 4.81. The lowest BCUT2D eigenvalue weighted by Crippen LogP contribution is -2.28. The highest BCUT2D eigenvalue weighted by molar-refractivity contribution is 9.10. The molecule has 2 N–H and O–H groups in total. The quantitative estimate of drug-likeness (QED) is 0.624. The third-order valence-electron chi connectivity index (χ3n) is 3.22. The van der Waals surface area contributed by atoms with Crippen LogP contribution in [0.15, 0.2) is 4.47 Å². The number of nitrogens with one attached hydrogen (secondary N) is 2. The standard InChI is InChI=1S/C13H15BrClFN2O/c1-7-12(16)11(15)10(14)8(6-17)13(7)18-9-4-2-3-5-19-9/h6,9,17-18H,2-5H2,1H3. The van der Waals surface area contributed by atoms with Crippen molar-refractivity contribution in [1.29, 1.82) is 5.41 Å². The predicted octanol–water partition coefficient (Wildman–Crippen LogP) is 4.49. The van der Waals surface area contributed by atoms with Gasteiger partial charge in [-0.3, -0.25) is 0 Å². The van der Waals surface area contributed by atoms with Gasteiger partial charge >= 0.3 is 0 Å². The number of halogens is 3. The van der Waals surface area contributed by atoms with Crippen LogP contribution in [0.3, 0.4) is 0 Å². The van der Waals surface area contributed by atoms with Crippen molar-refractivity contribution in [3.8, 4) is 0 Å². The Hall–Kier alpha value is -0.650. The van der Waals surface area contributed by atoms with Gasteiger partial charge in [0.05, 0.1) is 10.7 Å². The molecule has 6 heteroatoms. The molecule has 0 aliphatic carbocycles. The van der Waals surface area contributed by atoms with Gasteiger partial charge in [-0.2, -0.15) is 0 Å². The van der Waals surface area contributed by atoms with Crippen molar-refractivity contribution in [2.24, 2.45) is 0 Å². The van der Waals surface area contributed by atoms with Crippen molar-refractivity contribution < 1.29 is 9.13 Å². The van der Waals surface area contributed by atoms with Crippen molar-refractivity contribution in [2.75, 3.05) is 11.9 Å². The van der Waals surface area contributed by atoms with E-state index in [1.54, 1.807) is 6.92 Å². The maximum Gasteiger partial charge on any atom is 0.147 e. The van der Waals surface area contributed by atoms with Crippen LogP contribution in [0, 0.1) is 18.2 Å². The molecule has 1 saturated heterocycles. The first-order valence-corrected chi connectivity index (χ1v) is 7.29. The van der Waals surface area contributed by atoms with Crippen LogP contribution in [0.1, 0.15) is 30.4 Å². The largest absolute Gasteiger partial charge is 0.359 e. The maximum absolute atomic E-state index is 14.0. The van der Waals surface area contributed by atoms with Crippen LogP contribution >= 0.6 is 27.5 Å². The van der Waals surface area contributed by atoms with Gasteiger partial charge in [0.15, 0.2) is 0 Å². The normalized spacial score (nSPS) is 19.3. The van der Waals surface area contributed by atoms with Crippen molar-refractivity contribution >= 4 is 39.4 Å². The lowest BCUT2D eigenvalue weighted by molar-refractivity contribution is 0.0343. The Balaban J connectivity index is 2.40. The van der Waals surface area contributed by atoms with E-state index in [2.05, 4.69) is 21.2 Å². The molecule has 0 amide bonds. The van der Waals surface area contributed by atoms with Gasteiger partial charge in [-0.05, 0) is 42.1 Å². The van der Waals surface area contributed by atoms with E-state index in [-0.39, 0.29) is 11.3 Å². The smallest absolute Gasteiger partial charge is 0.147 e. The van der Waals surface area contributed by atoms with Gasteiger partial charge in [0.1, 0.15) is 12.0 Å². The molecule has 0 spiro atoms. The Morgan fingerprint density at radius 3 is 2.84 bits per heavy atom. The summed E-state index contributed by atoms with van der Waals surface area (Å²) in [5.74, 6) is -0.475. The highest BCUT2D eigenvalue weighted by Gasteiger charge is 2.22. The van der Waals surface area contributed by atoms with Crippen molar-refractivity contribution in [3.05, 3.63) is 26.4 Å². The fraction of sp³-hybridized carbons (Fsp3) is 0.462. The molecule has 104 valence electrons. The molecule has 3 nitrogen and oxygen atoms in total. The Morgan fingerprint density at radius 1 is 1.53 bits per heavy atom. The number of benzene rings is 1. The van der Waals surface area contributed by atoms with Crippen molar-refractivity contribution in [3.63, 3.8) is 0 Å². The van der Waals surface area contributed by atoms with Crippen LogP contribution in [0.2, 0.25) is 5.02 Å². The number of anilines is 1. The molecule has 1 aliphatic rings. The van der Waals surface area contributed by atoms with Crippen molar-refractivity contribution in [1.82, 2.24) is 0 Å². The molecule has 0 radical (unpaired) electrons. The third-order valence-corrected chi connectivity index (χ3v) is 4.63. The molecular formula is C13H15BrClFN2O. The van der Waals surface area contributed by atoms with E-state index < -0.39 is 5.82 Å². The fourth-order valence-electron chi connectivity index (χ4n) is 2.14. The molecule has 1 unspecified atom stereocenters. The van der Waals surface area contributed by atoms with Crippen LogP contribution in [-0.2, 0) is 4.74 Å². The second kappa shape index (κ2) is 6.20. The minimum atomic E-state index is -0.475. The van der Waals surface area contributed by atoms with Crippen LogP contribution in [0.4, 0.5) is 10.1 Å². The van der Waals surface area contributed by atoms with Gasteiger partial charge in [-0.25, -0.2) is 4.39 Å². The summed E-state index contributed by atoms with van der Waals surface area (Å²) >= 11 is 9.13. The van der Waals surface area contributed by atoms with Gasteiger partial charge in [0.25, 0.3) is 0 Å². The van der Waals surface area contributed by atoms with E-state index in [1.807, 2.05) is 0 Å². The maximum atomic E-state index is 14.0. The molecule has 19 heavy (non-hydrogen) atoms. The highest BCUT2D eigenvalue weighted by atomic mass is 79.9. The average molecular weight is 350 g/mol. The fourth-order valence-corrected chi connectivity index (χ4v) is 2.87. The molecule has 0 bridgehead atoms. The topological polar surface area (TPSA) is 45.1 Å². The van der Waals surface area contributed by atoms with Gasteiger partial charge < -0.3 is 15.5 Å². The average Bonchev–Trinajstić information content (AvgIpc) is 2.44. The van der Waals surface area contributed by atoms with Crippen molar-refractivity contribution in [2.45, 2.75) is 32.4 Å². The van der Waals surface area contributed by atoms with Crippen LogP contribution in [0.5, 0.6) is 0 Å². The monoisotopic (exact) mass is 348 g/mol. The summed E-state index contributed by atoms with van der Waals surface area (Å²) in [5.41, 5.74) is 1.51. The molecule has 1 fully saturated rings. The van der Waals surface area contributed by atoms with Gasteiger partial charge in [0.2, 0.25) is 0 Å². The zero-order valence-corrected chi connectivity index (χ0v) is 12.9. The molecule has 1 aromatic carbocycles. The third kappa shape index (κ3) is 2.93. The lowest BCUT2D eigenvalue weighted by Gasteiger charge is -2.26. The number of rotatable bonds is 3. The SMILES string of the molecule is Cc1c(F)c(Cl)c(Br)c(C=N)c1NC1CCCCO1. The Bertz CT molecular complexity index is 504. The Morgan fingerprint density at radius 2 is 2.26 bits per heavy atom. The molecule has 2 rings (SSSR count). The zero-order chi connectivity index (χ0) is 14.0. The molecule has 0 aromatic heterocycles. The van der Waals surface area contributed by atoms with E-state index in [9.17, 15) is 4.39 Å². The van der Waals surface area contributed by atoms with E-state index in [0.717, 1.165) is 25.5 Å². The number of hydrogen-bond donors (Lipinski definition) is 2. The molecule has 1 heterocycles. The van der Waals surface area contributed by atoms with Gasteiger partial charge in [-0.15, -0.1) is 0 Å². The summed E-state index contributed by atoms with van der Waals surface area (Å²) in [6.45, 7) is 2.35. The first-order chi connectivity index (χ1) is 9.06. The molecule has 0 saturated carbocycles. The van der Waals surface area contributed by atoms with E-state index in [4.69, 9.17) is 21.7 Å². The summed E-state index contributed by atoms with van der Waals surface area (Å²) in [4.78, 5) is 0. The highest BCUT2D eigenvalue weighted by Crippen LogP contribution is 2.37. The lowest BCUT2D eigenvalue weighted by atomic mass is 10.1. The summed E-state index contributed by atoms with van der Waals surface area (Å²) in [5, 5.41) is 10.7. The molecular weight excluding hydrogens is 335 g/mol. The first-order valence-electron chi connectivity index (χ1n) is 6.12. The van der Waals surface area contributed by atoms with E-state index in [0.29, 0.717) is 27.9 Å². The minimum Gasteiger partial charge on any atom is -0.359 e. The van der Waals surface area contributed by atoms with E-state index >= 15 is 0 Å². The summed E-state index contributed by atoms with van der Waals surface area (Å²) in [6, 6.07) is 0. The summed E-state index contributed by atoms with van der Waals surface area (Å²) in [6.07, 6.45) is 4.02. The molecule has 1 aliphatic heterocycles. The second-order valence-electron chi connectivity index (χ2n) is 4.50. The first kappa shape index (κ1) is 14.8. The second-order valence-corrected chi connectivity index (χ2v) is 5.67. The predicted molar refractivity (Wildman–Crippen MR) is 78.9 cm³/mol. The molecule has 1 atom stereocenters. The van der Waals surface area contributed by atoms with E-state index in [1.165, 1.54) is 0 Å². The Labute approximate surface area is 125 Å². The minimum absolute atomic E-state index is 0.00566. The molecule has 1 aromatic rings. The number of hydrogen-bond acceptors (Lipinski definition) is 3. The summed E-state index contributed by atoms with van der Waals surface area (Å²) in [7, 11) is 0. The zero-order valence-electron chi connectivity index (χ0n) is 10.5. The van der Waals surface area contributed by atoms with Crippen LogP contribution in [0.25, 0.3) is 0 Å². The van der Waals surface area contributed by atoms with Crippen LogP contribution in [-0.4, -0.2) is 19.0 Å².